The van der Waals surface area contributed by atoms with Gasteiger partial charge in [-0.25, -0.2) is 9.59 Å². The summed E-state index contributed by atoms with van der Waals surface area (Å²) < 4.78 is 16.9. The Balaban J connectivity index is 1.73. The number of rotatable bonds is 13. The Kier molecular flexibility index (Phi) is 12.2. The van der Waals surface area contributed by atoms with E-state index in [1.165, 1.54) is 16.4 Å². The first-order chi connectivity index (χ1) is 24.6. The molecule has 264 valence electrons. The van der Waals surface area contributed by atoms with Crippen LogP contribution >= 0.6 is 18.6 Å². The fraction of sp³-hybridized carbons (Fsp3) is 0.225. The maximum absolute atomic E-state index is 14.9. The number of hydrogen-bond donors (Lipinski definition) is 1. The van der Waals surface area contributed by atoms with Gasteiger partial charge < -0.3 is 19.5 Å². The standard InChI is InChI=1S/C40H41N2O7PS/c1-5-47-34(44)26-27-51-38-35(41-33(43)28-48-29-18-10-6-11-19-29)36(45)42(38)37(39(46)49-40(2,3)4)50(30-20-12-7-13-21-30,31-22-14-8-15-23-31)32-24-16-9-17-25-32/h6-27,35,38H,5,28H2,1-4H3,(H,41,43)/t35-,38-/m1/s1. The van der Waals surface area contributed by atoms with E-state index < -0.39 is 47.7 Å². The molecule has 4 aromatic carbocycles. The number of thioether (sulfide) groups is 1. The number of para-hydroxylation sites is 1. The second kappa shape index (κ2) is 16.8. The van der Waals surface area contributed by atoms with E-state index >= 15 is 0 Å². The summed E-state index contributed by atoms with van der Waals surface area (Å²) in [6, 6.07) is 36.7. The molecule has 4 aromatic rings. The maximum Gasteiger partial charge on any atom is 0.356 e. The molecule has 9 nitrogen and oxygen atoms in total. The van der Waals surface area contributed by atoms with E-state index in [-0.39, 0.29) is 18.6 Å². The molecule has 5 rings (SSSR count). The number of esters is 2. The van der Waals surface area contributed by atoms with Gasteiger partial charge in [-0.15, -0.1) is 11.8 Å². The van der Waals surface area contributed by atoms with Gasteiger partial charge >= 0.3 is 11.9 Å². The monoisotopic (exact) mass is 724 g/mol. The molecule has 1 fully saturated rings. The van der Waals surface area contributed by atoms with Crippen molar-refractivity contribution in [3.05, 3.63) is 133 Å². The van der Waals surface area contributed by atoms with E-state index in [0.29, 0.717) is 5.75 Å². The van der Waals surface area contributed by atoms with Crippen LogP contribution in [0.1, 0.15) is 27.7 Å². The molecule has 2 amide bonds. The zero-order valence-corrected chi connectivity index (χ0v) is 30.6. The van der Waals surface area contributed by atoms with Gasteiger partial charge in [0, 0.05) is 13.0 Å². The van der Waals surface area contributed by atoms with Gasteiger partial charge in [-0.1, -0.05) is 109 Å². The third-order valence-electron chi connectivity index (χ3n) is 7.74. The van der Waals surface area contributed by atoms with Crippen molar-refractivity contribution in [1.82, 2.24) is 10.2 Å². The second-order valence-electron chi connectivity index (χ2n) is 12.4. The third-order valence-corrected chi connectivity index (χ3v) is 13.0. The number of carbonyl (C=O) groups is 4. The van der Waals surface area contributed by atoms with Crippen molar-refractivity contribution in [2.75, 3.05) is 13.2 Å². The van der Waals surface area contributed by atoms with Gasteiger partial charge in [0.25, 0.3) is 11.8 Å². The zero-order valence-electron chi connectivity index (χ0n) is 28.9. The van der Waals surface area contributed by atoms with Crippen LogP contribution in [0.25, 0.3) is 0 Å². The number of ether oxygens (including phenoxy) is 3. The highest BCUT2D eigenvalue weighted by atomic mass is 32.2. The molecule has 0 radical (unpaired) electrons. The lowest BCUT2D eigenvalue weighted by Gasteiger charge is -2.49. The van der Waals surface area contributed by atoms with Crippen molar-refractivity contribution in [3.63, 3.8) is 0 Å². The number of likely N-dealkylation sites (tertiary alicyclic amines) is 1. The lowest BCUT2D eigenvalue weighted by atomic mass is 10.1. The molecule has 0 aromatic heterocycles. The van der Waals surface area contributed by atoms with Crippen LogP contribution in [0.2, 0.25) is 0 Å². The van der Waals surface area contributed by atoms with Crippen LogP contribution in [0.5, 0.6) is 5.75 Å². The SMILES string of the molecule is CCOC(=O)C=CS[C@@H]1[C@H](NC(=O)COc2ccccc2)C(=O)N1C(C(=O)OC(C)(C)C)=P(c1ccccc1)(c1ccccc1)c1ccccc1. The molecule has 0 spiro atoms. The van der Waals surface area contributed by atoms with Gasteiger partial charge in [0.05, 0.1) is 6.61 Å². The molecule has 0 aliphatic carbocycles. The Bertz CT molecular complexity index is 1810. The molecular weight excluding hydrogens is 683 g/mol. The van der Waals surface area contributed by atoms with Crippen molar-refractivity contribution in [3.8, 4) is 5.75 Å². The van der Waals surface area contributed by atoms with Crippen LogP contribution in [0.3, 0.4) is 0 Å². The topological polar surface area (TPSA) is 111 Å². The predicted molar refractivity (Wildman–Crippen MR) is 204 cm³/mol. The summed E-state index contributed by atoms with van der Waals surface area (Å²) in [5.74, 6) is -1.75. The fourth-order valence-corrected chi connectivity index (χ4v) is 11.2. The normalized spacial score (nSPS) is 15.8. The summed E-state index contributed by atoms with van der Waals surface area (Å²) >= 11 is 1.12. The van der Waals surface area contributed by atoms with E-state index in [2.05, 4.69) is 5.32 Å². The smallest absolute Gasteiger partial charge is 0.356 e. The minimum Gasteiger partial charge on any atom is -0.484 e. The van der Waals surface area contributed by atoms with Gasteiger partial charge in [-0.3, -0.25) is 14.5 Å². The molecular formula is C40H41N2O7PS. The molecule has 0 unspecified atom stereocenters. The Morgan fingerprint density at radius 3 is 1.76 bits per heavy atom. The summed E-state index contributed by atoms with van der Waals surface area (Å²) in [7, 11) is 0. The Labute approximate surface area is 303 Å². The van der Waals surface area contributed by atoms with Gasteiger partial charge in [0.15, 0.2) is 6.61 Å². The first kappa shape index (κ1) is 37.2. The molecule has 1 aliphatic rings. The number of β-lactam (4-membered cyclic amide) rings is 1. The number of carbonyl (C=O) groups excluding carboxylic acids is 4. The van der Waals surface area contributed by atoms with E-state index in [1.807, 2.05) is 97.1 Å². The summed E-state index contributed by atoms with van der Waals surface area (Å²) in [5.41, 5.74) is -0.760. The summed E-state index contributed by atoms with van der Waals surface area (Å²) in [6.45, 7) is 3.70. The molecule has 11 heteroatoms. The van der Waals surface area contributed by atoms with Crippen LogP contribution in [0, 0.1) is 0 Å². The fourth-order valence-electron chi connectivity index (χ4n) is 5.70. The zero-order chi connectivity index (χ0) is 36.4. The number of benzene rings is 4. The summed E-state index contributed by atoms with van der Waals surface area (Å²) in [5, 5.41) is 5.96. The first-order valence-electron chi connectivity index (χ1n) is 16.5. The molecule has 1 N–H and O–H groups in total. The quantitative estimate of drug-likeness (QED) is 0.0889. The van der Waals surface area contributed by atoms with Crippen molar-refractivity contribution >= 4 is 63.7 Å². The number of amides is 2. The Hall–Kier alpha value is -5.05. The molecule has 51 heavy (non-hydrogen) atoms. The van der Waals surface area contributed by atoms with Gasteiger partial charge in [0.1, 0.15) is 28.2 Å². The highest BCUT2D eigenvalue weighted by Crippen LogP contribution is 2.50. The molecule has 2 atom stereocenters. The lowest BCUT2D eigenvalue weighted by molar-refractivity contribution is -0.151. The average Bonchev–Trinajstić information content (AvgIpc) is 3.13. The maximum atomic E-state index is 14.9. The predicted octanol–water partition coefficient (Wildman–Crippen LogP) is 4.99. The lowest BCUT2D eigenvalue weighted by Crippen LogP contribution is -2.72. The number of nitrogens with one attached hydrogen (secondary N) is 1. The van der Waals surface area contributed by atoms with Crippen LogP contribution in [-0.4, -0.2) is 64.3 Å². The van der Waals surface area contributed by atoms with Crippen LogP contribution < -0.4 is 26.0 Å². The van der Waals surface area contributed by atoms with Crippen LogP contribution in [0.4, 0.5) is 0 Å². The van der Waals surface area contributed by atoms with Gasteiger partial charge in [0.2, 0.25) is 0 Å². The summed E-state index contributed by atoms with van der Waals surface area (Å²) in [6.07, 6.45) is 1.26. The van der Waals surface area contributed by atoms with Crippen molar-refractivity contribution in [2.45, 2.75) is 44.7 Å². The van der Waals surface area contributed by atoms with E-state index in [1.54, 1.807) is 52.0 Å². The van der Waals surface area contributed by atoms with Crippen LogP contribution in [-0.2, 0) is 28.7 Å². The van der Waals surface area contributed by atoms with Crippen molar-refractivity contribution < 1.29 is 33.4 Å². The number of nitrogens with zero attached hydrogens (tertiary/aromatic N) is 1. The number of hydrogen-bond acceptors (Lipinski definition) is 8. The van der Waals surface area contributed by atoms with Gasteiger partial charge in [-0.05, 0) is 61.1 Å². The van der Waals surface area contributed by atoms with E-state index in [4.69, 9.17) is 14.2 Å². The molecule has 1 aliphatic heterocycles. The first-order valence-corrected chi connectivity index (χ1v) is 19.2. The van der Waals surface area contributed by atoms with E-state index in [0.717, 1.165) is 27.7 Å². The highest BCUT2D eigenvalue weighted by Gasteiger charge is 2.55. The Morgan fingerprint density at radius 1 is 0.804 bits per heavy atom. The highest BCUT2D eigenvalue weighted by molar-refractivity contribution is 8.03. The van der Waals surface area contributed by atoms with E-state index in [9.17, 15) is 19.2 Å². The Morgan fingerprint density at radius 2 is 1.29 bits per heavy atom. The van der Waals surface area contributed by atoms with Gasteiger partial charge in [-0.2, -0.15) is 0 Å². The van der Waals surface area contributed by atoms with Crippen molar-refractivity contribution in [1.29, 1.82) is 0 Å². The van der Waals surface area contributed by atoms with Crippen LogP contribution in [0.15, 0.2) is 133 Å². The third kappa shape index (κ3) is 8.64. The molecule has 0 saturated carbocycles. The summed E-state index contributed by atoms with van der Waals surface area (Å²) in [4.78, 5) is 56.4. The average molecular weight is 725 g/mol. The molecule has 1 saturated heterocycles. The second-order valence-corrected chi connectivity index (χ2v) is 16.8. The minimum absolute atomic E-state index is 0.152. The largest absolute Gasteiger partial charge is 0.484 e. The molecule has 1 heterocycles. The molecule has 0 bridgehead atoms. The minimum atomic E-state index is -3.20. The van der Waals surface area contributed by atoms with Crippen molar-refractivity contribution in [2.24, 2.45) is 0 Å².